The minimum Gasteiger partial charge on any atom is -0.488 e. The van der Waals surface area contributed by atoms with E-state index in [9.17, 15) is 8.78 Å². The van der Waals surface area contributed by atoms with Gasteiger partial charge in [-0.05, 0) is 151 Å². The van der Waals surface area contributed by atoms with Crippen molar-refractivity contribution in [2.75, 3.05) is 0 Å². The van der Waals surface area contributed by atoms with Crippen LogP contribution in [0.2, 0.25) is 0 Å². The van der Waals surface area contributed by atoms with Gasteiger partial charge < -0.3 is 13.9 Å². The van der Waals surface area contributed by atoms with E-state index < -0.39 is 6.11 Å². The van der Waals surface area contributed by atoms with Crippen molar-refractivity contribution >= 4 is 43.7 Å². The van der Waals surface area contributed by atoms with E-state index in [1.54, 1.807) is 18.2 Å². The molecule has 12 rings (SSSR count). The molecule has 0 saturated heterocycles. The summed E-state index contributed by atoms with van der Waals surface area (Å²) in [6, 6.07) is 50.5. The van der Waals surface area contributed by atoms with Crippen LogP contribution in [0, 0.1) is 0 Å². The van der Waals surface area contributed by atoms with E-state index >= 15 is 0 Å². The van der Waals surface area contributed by atoms with Crippen LogP contribution in [-0.4, -0.2) is 10.2 Å². The number of nitrogens with zero attached hydrogens (tertiary/aromatic N) is 2. The Kier molecular flexibility index (Phi) is 17.3. The fraction of sp³-hybridized carbons (Fsp3) is 0.351. The summed E-state index contributed by atoms with van der Waals surface area (Å²) in [6.45, 7) is 35.3. The summed E-state index contributed by atoms with van der Waals surface area (Å²) in [6.07, 6.45) is -3.29. The van der Waals surface area contributed by atoms with Gasteiger partial charge in [0.05, 0.1) is 16.6 Å². The monoisotopic (exact) mass is 1080 g/mol. The Morgan fingerprint density at radius 1 is 0.346 bits per heavy atom. The molecule has 0 amide bonds. The van der Waals surface area contributed by atoms with Crippen LogP contribution in [0.5, 0.6) is 11.5 Å². The van der Waals surface area contributed by atoms with E-state index in [2.05, 4.69) is 202 Å². The third kappa shape index (κ3) is 12.6. The molecule has 0 unspecified atom stereocenters. The molecule has 2 aliphatic rings. The van der Waals surface area contributed by atoms with Gasteiger partial charge in [-0.2, -0.15) is 8.78 Å². The van der Waals surface area contributed by atoms with Gasteiger partial charge in [0.25, 0.3) is 0 Å². The predicted octanol–water partition coefficient (Wildman–Crippen LogP) is 22.4. The van der Waals surface area contributed by atoms with Crippen molar-refractivity contribution in [1.82, 2.24) is 10.2 Å². The van der Waals surface area contributed by atoms with Crippen molar-refractivity contribution in [3.05, 3.63) is 201 Å². The van der Waals surface area contributed by atoms with E-state index in [0.717, 1.165) is 44.6 Å². The Bertz CT molecular complexity index is 3690. The lowest BCUT2D eigenvalue weighted by Gasteiger charge is -2.29. The first-order valence-electron chi connectivity index (χ1n) is 29.4. The maximum Gasteiger partial charge on any atom is 0.427 e. The van der Waals surface area contributed by atoms with Crippen LogP contribution in [0.25, 0.3) is 66.0 Å². The van der Waals surface area contributed by atoms with Gasteiger partial charge >= 0.3 is 6.11 Å². The van der Waals surface area contributed by atoms with Crippen LogP contribution >= 0.6 is 0 Å². The average Bonchev–Trinajstić information content (AvgIpc) is 3.97. The zero-order valence-electron chi connectivity index (χ0n) is 50.6. The number of rotatable bonds is 8. The molecular weight excluding hydrogens is 1000 g/mol. The molecule has 0 saturated carbocycles. The summed E-state index contributed by atoms with van der Waals surface area (Å²) in [5.41, 5.74) is 19.0. The Morgan fingerprint density at radius 2 is 0.679 bits per heavy atom. The normalized spacial score (nSPS) is 13.2. The van der Waals surface area contributed by atoms with E-state index in [0.29, 0.717) is 47.7 Å². The number of ether oxygens (including phenoxy) is 2. The second-order valence-electron chi connectivity index (χ2n) is 24.7. The standard InChI is InChI=1S/C19H20F2O.C19H22O.C18H20N2.C18H20O/c1-11(2)13-5-7-15-16-8-6-14(12(3)4)10-18(16)22-19(20,21)17(15)9-13;1-12(2)14-5-7-17-16(9-14)11-20-19-10-15(13(3)4)6-8-18(17)19;1-11(2)13-5-7-15-16-8-6-14(12(3)4)10-18(16)20-19-17(15)9-13;1-11(2)13-5-7-15-16-8-6-14(12(3)4)10-18(16)19-17(15)9-13/h5-12H,1-4H3;5-10,12-13H,11H2,1-4H3;5-12H,1-4H3;5-12H,1-4H3. The SMILES string of the molecule is CC(C)c1ccc2c(c1)COc1cc(C(C)C)ccc1-2.CC(C)c1ccc2c(c1)OC(F)(F)c1cc(C(C)C)ccc1-2.CC(C)c1ccc2c(c1)nnc1cc(C(C)C)ccc12.CC(C)c1ccc2c(c1)oc1cc(C(C)C)ccc12. The van der Waals surface area contributed by atoms with E-state index in [4.69, 9.17) is 13.9 Å². The summed E-state index contributed by atoms with van der Waals surface area (Å²) in [7, 11) is 0. The van der Waals surface area contributed by atoms with Crippen LogP contribution < -0.4 is 9.47 Å². The Hall–Kier alpha value is -7.38. The molecule has 0 aliphatic carbocycles. The molecule has 0 atom stereocenters. The molecule has 81 heavy (non-hydrogen) atoms. The highest BCUT2D eigenvalue weighted by Gasteiger charge is 2.42. The first kappa shape index (κ1) is 58.3. The number of alkyl halides is 2. The molecular formula is C74H82F2N2O3. The molecule has 4 heterocycles. The lowest BCUT2D eigenvalue weighted by atomic mass is 9.90. The molecule has 5 nitrogen and oxygen atoms in total. The molecule has 0 spiro atoms. The average molecular weight is 1090 g/mol. The Balaban J connectivity index is 0.000000131. The smallest absolute Gasteiger partial charge is 0.427 e. The number of fused-ring (bicyclic) bond motifs is 12. The number of furan rings is 1. The summed E-state index contributed by atoms with van der Waals surface area (Å²) >= 11 is 0. The van der Waals surface area contributed by atoms with Crippen LogP contribution in [-0.2, 0) is 12.7 Å². The summed E-state index contributed by atoms with van der Waals surface area (Å²) in [4.78, 5) is 0. The number of aromatic nitrogens is 2. The molecule has 420 valence electrons. The molecule has 0 bridgehead atoms. The summed E-state index contributed by atoms with van der Waals surface area (Å²) in [5, 5.41) is 13.6. The van der Waals surface area contributed by atoms with E-state index in [1.165, 1.54) is 71.6 Å². The third-order valence-electron chi connectivity index (χ3n) is 16.2. The number of hydrogen-bond donors (Lipinski definition) is 0. The Morgan fingerprint density at radius 3 is 1.12 bits per heavy atom. The summed E-state index contributed by atoms with van der Waals surface area (Å²) < 4.78 is 45.9. The van der Waals surface area contributed by atoms with Gasteiger partial charge in [0, 0.05) is 32.7 Å². The molecule has 2 aromatic heterocycles. The molecule has 0 radical (unpaired) electrons. The molecule has 7 heteroatoms. The quantitative estimate of drug-likeness (QED) is 0.142. The number of hydrogen-bond acceptors (Lipinski definition) is 5. The fourth-order valence-corrected chi connectivity index (χ4v) is 10.6. The number of benzene rings is 8. The van der Waals surface area contributed by atoms with Crippen molar-refractivity contribution in [3.8, 4) is 33.8 Å². The molecule has 0 fully saturated rings. The van der Waals surface area contributed by atoms with Gasteiger partial charge in [0.1, 0.15) is 29.3 Å². The minimum atomic E-state index is -3.29. The maximum atomic E-state index is 14.4. The van der Waals surface area contributed by atoms with Crippen molar-refractivity contribution in [3.63, 3.8) is 0 Å². The maximum absolute atomic E-state index is 14.4. The minimum absolute atomic E-state index is 0.0384. The highest BCUT2D eigenvalue weighted by atomic mass is 19.3. The number of halogens is 2. The zero-order chi connectivity index (χ0) is 58.2. The fourth-order valence-electron chi connectivity index (χ4n) is 10.6. The van der Waals surface area contributed by atoms with Crippen molar-refractivity contribution in [1.29, 1.82) is 0 Å². The highest BCUT2D eigenvalue weighted by molar-refractivity contribution is 6.05. The van der Waals surface area contributed by atoms with Gasteiger partial charge in [-0.3, -0.25) is 0 Å². The lowest BCUT2D eigenvalue weighted by molar-refractivity contribution is -0.187. The van der Waals surface area contributed by atoms with Gasteiger partial charge in [0.2, 0.25) is 0 Å². The predicted molar refractivity (Wildman–Crippen MR) is 336 cm³/mol. The van der Waals surface area contributed by atoms with E-state index in [1.807, 2.05) is 45.9 Å². The van der Waals surface area contributed by atoms with Crippen LogP contribution in [0.1, 0.15) is 214 Å². The van der Waals surface area contributed by atoms with Gasteiger partial charge in [-0.1, -0.05) is 214 Å². The van der Waals surface area contributed by atoms with Crippen molar-refractivity contribution in [2.45, 2.75) is 171 Å². The molecule has 10 aromatic rings. The Labute approximate surface area is 480 Å². The third-order valence-corrected chi connectivity index (χ3v) is 16.2. The largest absolute Gasteiger partial charge is 0.488 e. The summed E-state index contributed by atoms with van der Waals surface area (Å²) in [5.74, 6) is 4.95. The first-order valence-corrected chi connectivity index (χ1v) is 29.4. The van der Waals surface area contributed by atoms with Gasteiger partial charge in [-0.15, -0.1) is 10.2 Å². The first-order chi connectivity index (χ1) is 38.5. The second-order valence-corrected chi connectivity index (χ2v) is 24.7. The van der Waals surface area contributed by atoms with Crippen molar-refractivity contribution < 1.29 is 22.7 Å². The molecule has 2 aliphatic heterocycles. The van der Waals surface area contributed by atoms with Gasteiger partial charge in [0.15, 0.2) is 0 Å². The second kappa shape index (κ2) is 24.0. The molecule has 8 aromatic carbocycles. The van der Waals surface area contributed by atoms with Gasteiger partial charge in [-0.25, -0.2) is 0 Å². The zero-order valence-corrected chi connectivity index (χ0v) is 50.6. The topological polar surface area (TPSA) is 57.4 Å². The van der Waals surface area contributed by atoms with Crippen LogP contribution in [0.3, 0.4) is 0 Å². The lowest BCUT2D eigenvalue weighted by Crippen LogP contribution is -2.26. The highest BCUT2D eigenvalue weighted by Crippen LogP contribution is 2.48. The van der Waals surface area contributed by atoms with Crippen molar-refractivity contribution in [2.24, 2.45) is 0 Å². The molecule has 0 N–H and O–H groups in total. The van der Waals surface area contributed by atoms with Crippen LogP contribution in [0.4, 0.5) is 8.78 Å². The van der Waals surface area contributed by atoms with E-state index in [-0.39, 0.29) is 23.1 Å². The van der Waals surface area contributed by atoms with Crippen LogP contribution in [0.15, 0.2) is 150 Å².